The molecule has 22 heavy (non-hydrogen) atoms. The quantitative estimate of drug-likeness (QED) is 0.652. The van der Waals surface area contributed by atoms with Gasteiger partial charge in [0.1, 0.15) is 6.04 Å². The maximum Gasteiger partial charge on any atom is 0.328 e. The van der Waals surface area contributed by atoms with Gasteiger partial charge in [-0.15, -0.1) is 0 Å². The molecule has 1 aliphatic heterocycles. The van der Waals surface area contributed by atoms with E-state index in [1.165, 1.54) is 7.11 Å². The molecule has 1 heterocycles. The van der Waals surface area contributed by atoms with Crippen LogP contribution in [0.5, 0.6) is 0 Å². The standard InChI is InChI=1S/C16H30N2O4/c1-4-12(2)15(16(21)22-3)17-14(20)11-18-9-6-5-7-13(18)8-10-19/h12-13,15,19H,4-11H2,1-3H3,(H,17,20). The topological polar surface area (TPSA) is 78.9 Å². The predicted octanol–water partition coefficient (Wildman–Crippen LogP) is 0.927. The van der Waals surface area contributed by atoms with Crippen LogP contribution in [-0.4, -0.2) is 60.8 Å². The monoisotopic (exact) mass is 314 g/mol. The van der Waals surface area contributed by atoms with Gasteiger partial charge in [-0.25, -0.2) is 4.79 Å². The van der Waals surface area contributed by atoms with Crippen molar-refractivity contribution in [2.24, 2.45) is 5.92 Å². The molecule has 1 fully saturated rings. The Balaban J connectivity index is 2.59. The maximum absolute atomic E-state index is 12.3. The molecule has 0 saturated carbocycles. The van der Waals surface area contributed by atoms with Crippen LogP contribution < -0.4 is 5.32 Å². The van der Waals surface area contributed by atoms with Crippen molar-refractivity contribution in [3.8, 4) is 0 Å². The van der Waals surface area contributed by atoms with E-state index in [4.69, 9.17) is 9.84 Å². The summed E-state index contributed by atoms with van der Waals surface area (Å²) in [6.07, 6.45) is 4.71. The van der Waals surface area contributed by atoms with Gasteiger partial charge in [-0.2, -0.15) is 0 Å². The first kappa shape index (κ1) is 18.9. The molecule has 0 aliphatic carbocycles. The first-order valence-corrected chi connectivity index (χ1v) is 8.25. The Labute approximate surface area is 133 Å². The number of nitrogens with zero attached hydrogens (tertiary/aromatic N) is 1. The molecule has 1 rings (SSSR count). The minimum absolute atomic E-state index is 0.0333. The fourth-order valence-electron chi connectivity index (χ4n) is 2.94. The molecule has 3 unspecified atom stereocenters. The minimum Gasteiger partial charge on any atom is -0.467 e. The van der Waals surface area contributed by atoms with Crippen molar-refractivity contribution < 1.29 is 19.4 Å². The number of carbonyl (C=O) groups is 2. The van der Waals surface area contributed by atoms with Crippen LogP contribution in [-0.2, 0) is 14.3 Å². The summed E-state index contributed by atoms with van der Waals surface area (Å²) >= 11 is 0. The van der Waals surface area contributed by atoms with E-state index >= 15 is 0 Å². The largest absolute Gasteiger partial charge is 0.467 e. The van der Waals surface area contributed by atoms with Crippen molar-refractivity contribution in [2.45, 2.75) is 58.0 Å². The van der Waals surface area contributed by atoms with Crippen LogP contribution in [0.1, 0.15) is 46.0 Å². The van der Waals surface area contributed by atoms with E-state index < -0.39 is 12.0 Å². The van der Waals surface area contributed by atoms with Crippen molar-refractivity contribution >= 4 is 11.9 Å². The first-order valence-electron chi connectivity index (χ1n) is 8.25. The average molecular weight is 314 g/mol. The summed E-state index contributed by atoms with van der Waals surface area (Å²) in [4.78, 5) is 26.2. The van der Waals surface area contributed by atoms with Gasteiger partial charge in [0.05, 0.1) is 13.7 Å². The molecule has 0 spiro atoms. The number of aliphatic hydroxyl groups excluding tert-OH is 1. The Morgan fingerprint density at radius 3 is 2.73 bits per heavy atom. The summed E-state index contributed by atoms with van der Waals surface area (Å²) in [5.74, 6) is -0.514. The van der Waals surface area contributed by atoms with Crippen molar-refractivity contribution in [3.63, 3.8) is 0 Å². The van der Waals surface area contributed by atoms with E-state index in [1.807, 2.05) is 13.8 Å². The molecule has 6 heteroatoms. The number of nitrogens with one attached hydrogen (secondary N) is 1. The summed E-state index contributed by atoms with van der Waals surface area (Å²) in [6, 6.07) is -0.340. The Morgan fingerprint density at radius 1 is 1.41 bits per heavy atom. The number of hydrogen-bond acceptors (Lipinski definition) is 5. The van der Waals surface area contributed by atoms with Crippen LogP contribution in [0, 0.1) is 5.92 Å². The lowest BCUT2D eigenvalue weighted by Gasteiger charge is -2.35. The second-order valence-electron chi connectivity index (χ2n) is 6.09. The number of likely N-dealkylation sites (tertiary alicyclic amines) is 1. The number of esters is 1. The summed E-state index contributed by atoms with van der Waals surface area (Å²) in [5.41, 5.74) is 0. The molecule has 0 aromatic rings. The van der Waals surface area contributed by atoms with E-state index in [9.17, 15) is 9.59 Å². The van der Waals surface area contributed by atoms with Crippen LogP contribution in [0.25, 0.3) is 0 Å². The number of ether oxygens (including phenoxy) is 1. The lowest BCUT2D eigenvalue weighted by molar-refractivity contribution is -0.146. The molecular weight excluding hydrogens is 284 g/mol. The van der Waals surface area contributed by atoms with Crippen LogP contribution in [0.4, 0.5) is 0 Å². The Hall–Kier alpha value is -1.14. The van der Waals surface area contributed by atoms with E-state index in [0.29, 0.717) is 6.42 Å². The number of piperidine rings is 1. The van der Waals surface area contributed by atoms with Crippen LogP contribution in [0.3, 0.4) is 0 Å². The zero-order chi connectivity index (χ0) is 16.5. The predicted molar refractivity (Wildman–Crippen MR) is 84.3 cm³/mol. The first-order chi connectivity index (χ1) is 10.5. The highest BCUT2D eigenvalue weighted by Gasteiger charge is 2.29. The fourth-order valence-corrected chi connectivity index (χ4v) is 2.94. The van der Waals surface area contributed by atoms with E-state index in [2.05, 4.69) is 10.2 Å². The van der Waals surface area contributed by atoms with Gasteiger partial charge in [0.25, 0.3) is 0 Å². The normalized spacial score (nSPS) is 21.9. The highest BCUT2D eigenvalue weighted by Crippen LogP contribution is 2.19. The minimum atomic E-state index is -0.594. The number of rotatable bonds is 8. The number of aliphatic hydroxyl groups is 1. The van der Waals surface area contributed by atoms with Gasteiger partial charge < -0.3 is 15.2 Å². The SMILES string of the molecule is CCC(C)C(NC(=O)CN1CCCCC1CCO)C(=O)OC. The molecule has 1 amide bonds. The fraction of sp³-hybridized carbons (Fsp3) is 0.875. The summed E-state index contributed by atoms with van der Waals surface area (Å²) in [5, 5.41) is 11.9. The van der Waals surface area contributed by atoms with Crippen LogP contribution in [0.15, 0.2) is 0 Å². The van der Waals surface area contributed by atoms with Gasteiger partial charge in [0, 0.05) is 12.6 Å². The van der Waals surface area contributed by atoms with Gasteiger partial charge in [-0.3, -0.25) is 9.69 Å². The van der Waals surface area contributed by atoms with Crippen molar-refractivity contribution in [1.29, 1.82) is 0 Å². The van der Waals surface area contributed by atoms with Gasteiger partial charge in [-0.1, -0.05) is 26.7 Å². The van der Waals surface area contributed by atoms with E-state index in [0.717, 1.165) is 32.2 Å². The second-order valence-corrected chi connectivity index (χ2v) is 6.09. The van der Waals surface area contributed by atoms with Gasteiger partial charge in [0.2, 0.25) is 5.91 Å². The highest BCUT2D eigenvalue weighted by atomic mass is 16.5. The average Bonchev–Trinajstić information content (AvgIpc) is 2.53. The van der Waals surface area contributed by atoms with Crippen molar-refractivity contribution in [1.82, 2.24) is 10.2 Å². The molecule has 128 valence electrons. The molecule has 1 saturated heterocycles. The third-order valence-electron chi connectivity index (χ3n) is 4.54. The molecule has 0 aromatic carbocycles. The molecular formula is C16H30N2O4. The molecule has 6 nitrogen and oxygen atoms in total. The van der Waals surface area contributed by atoms with E-state index in [-0.39, 0.29) is 31.0 Å². The Bertz CT molecular complexity index is 360. The van der Waals surface area contributed by atoms with Crippen LogP contribution >= 0.6 is 0 Å². The smallest absolute Gasteiger partial charge is 0.328 e. The third kappa shape index (κ3) is 5.57. The third-order valence-corrected chi connectivity index (χ3v) is 4.54. The molecule has 2 N–H and O–H groups in total. The zero-order valence-electron chi connectivity index (χ0n) is 14.0. The van der Waals surface area contributed by atoms with E-state index in [1.54, 1.807) is 0 Å². The Morgan fingerprint density at radius 2 is 2.14 bits per heavy atom. The zero-order valence-corrected chi connectivity index (χ0v) is 14.0. The van der Waals surface area contributed by atoms with Gasteiger partial charge >= 0.3 is 5.97 Å². The summed E-state index contributed by atoms with van der Waals surface area (Å²) in [6.45, 7) is 5.19. The van der Waals surface area contributed by atoms with Gasteiger partial charge in [0.15, 0.2) is 0 Å². The Kier molecular flexibility index (Phi) is 8.42. The molecule has 0 bridgehead atoms. The van der Waals surface area contributed by atoms with Gasteiger partial charge in [-0.05, 0) is 31.7 Å². The summed E-state index contributed by atoms with van der Waals surface area (Å²) in [7, 11) is 1.34. The number of methoxy groups -OCH3 is 1. The number of carbonyl (C=O) groups excluding carboxylic acids is 2. The maximum atomic E-state index is 12.3. The molecule has 1 aliphatic rings. The highest BCUT2D eigenvalue weighted by molar-refractivity contribution is 5.85. The molecule has 0 aromatic heterocycles. The number of hydrogen-bond donors (Lipinski definition) is 2. The van der Waals surface area contributed by atoms with Crippen molar-refractivity contribution in [3.05, 3.63) is 0 Å². The van der Waals surface area contributed by atoms with Crippen LogP contribution in [0.2, 0.25) is 0 Å². The molecule has 3 atom stereocenters. The molecule has 0 radical (unpaired) electrons. The summed E-state index contributed by atoms with van der Waals surface area (Å²) < 4.78 is 4.79. The second kappa shape index (κ2) is 9.79. The lowest BCUT2D eigenvalue weighted by atomic mass is 9.98. The number of amides is 1. The lowest BCUT2D eigenvalue weighted by Crippen LogP contribution is -2.51. The van der Waals surface area contributed by atoms with Crippen molar-refractivity contribution in [2.75, 3.05) is 26.8 Å².